The van der Waals surface area contributed by atoms with Crippen LogP contribution in [0.2, 0.25) is 0 Å². The summed E-state index contributed by atoms with van der Waals surface area (Å²) in [5.74, 6) is 1.50. The van der Waals surface area contributed by atoms with Gasteiger partial charge in [0.25, 0.3) is 0 Å². The molecule has 8 aromatic carbocycles. The summed E-state index contributed by atoms with van der Waals surface area (Å²) in [6.45, 7) is 8.90. The Labute approximate surface area is 340 Å². The molecule has 0 spiro atoms. The third-order valence-electron chi connectivity index (χ3n) is 12.4. The highest BCUT2D eigenvalue weighted by Crippen LogP contribution is 2.45. The first-order valence-electron chi connectivity index (χ1n) is 20.2. The van der Waals surface area contributed by atoms with Crippen LogP contribution in [0.4, 0.5) is 0 Å². The molecule has 0 saturated heterocycles. The van der Waals surface area contributed by atoms with E-state index in [9.17, 15) is 0 Å². The molecule has 0 fully saturated rings. The zero-order chi connectivity index (χ0) is 39.5. The number of fused-ring (bicyclic) bond motifs is 16. The third-order valence-corrected chi connectivity index (χ3v) is 12.4. The minimum absolute atomic E-state index is 0.748. The number of nitrogens with zero attached hydrogens (tertiary/aromatic N) is 4. The average Bonchev–Trinajstić information content (AvgIpc) is 3.84. The predicted octanol–water partition coefficient (Wildman–Crippen LogP) is 14.3. The van der Waals surface area contributed by atoms with Crippen LogP contribution in [0.3, 0.4) is 0 Å². The van der Waals surface area contributed by atoms with Crippen LogP contribution in [-0.4, -0.2) is 18.8 Å². The molecule has 0 aliphatic rings. The molecule has 0 atom stereocenters. The Balaban J connectivity index is 1.11. The van der Waals surface area contributed by atoms with E-state index in [0.717, 1.165) is 77.4 Å². The van der Waals surface area contributed by atoms with Gasteiger partial charge in [-0.3, -0.25) is 8.80 Å². The van der Waals surface area contributed by atoms with Crippen LogP contribution in [0.1, 0.15) is 22.3 Å². The Bertz CT molecular complexity index is 3720. The monoisotopic (exact) mass is 758 g/mol. The molecule has 0 aliphatic carbocycles. The van der Waals surface area contributed by atoms with Gasteiger partial charge in [-0.2, -0.15) is 0 Å². The molecule has 12 rings (SSSR count). The van der Waals surface area contributed by atoms with Gasteiger partial charge in [-0.25, -0.2) is 9.97 Å². The van der Waals surface area contributed by atoms with Crippen LogP contribution in [0.15, 0.2) is 158 Å². The summed E-state index contributed by atoms with van der Waals surface area (Å²) in [6, 6.07) is 56.3. The minimum Gasteiger partial charge on any atom is -0.457 e. The lowest BCUT2D eigenvalue weighted by Gasteiger charge is -2.21. The van der Waals surface area contributed by atoms with E-state index in [2.05, 4.69) is 188 Å². The summed E-state index contributed by atoms with van der Waals surface area (Å²) in [6.07, 6.45) is 0. The molecule has 5 heteroatoms. The lowest BCUT2D eigenvalue weighted by atomic mass is 9.85. The van der Waals surface area contributed by atoms with Crippen LogP contribution in [0.25, 0.3) is 99.0 Å². The van der Waals surface area contributed by atoms with Gasteiger partial charge >= 0.3 is 0 Å². The van der Waals surface area contributed by atoms with Crippen molar-refractivity contribution in [2.24, 2.45) is 0 Å². The highest BCUT2D eigenvalue weighted by Gasteiger charge is 2.22. The van der Waals surface area contributed by atoms with Crippen LogP contribution in [0, 0.1) is 27.7 Å². The maximum atomic E-state index is 6.82. The van der Waals surface area contributed by atoms with Crippen molar-refractivity contribution in [2.75, 3.05) is 0 Å². The SMILES string of the molecule is Cc1cccc(C)c1-c1cc2c3ccc(Oc4ccc5c6ccccc6n6c7ccccc7nc6c5c4)cc3c3nc4ccccc4n3c2cc1-c1c(C)cccc1C. The van der Waals surface area contributed by atoms with Gasteiger partial charge in [0, 0.05) is 21.5 Å². The highest BCUT2D eigenvalue weighted by molar-refractivity contribution is 6.17. The molecule has 280 valence electrons. The molecule has 4 aromatic heterocycles. The van der Waals surface area contributed by atoms with Crippen molar-refractivity contribution in [2.45, 2.75) is 27.7 Å². The Morgan fingerprint density at radius 1 is 0.356 bits per heavy atom. The maximum Gasteiger partial charge on any atom is 0.146 e. The summed E-state index contributed by atoms with van der Waals surface area (Å²) in [7, 11) is 0. The number of para-hydroxylation sites is 5. The zero-order valence-electron chi connectivity index (χ0n) is 33.2. The minimum atomic E-state index is 0.748. The van der Waals surface area contributed by atoms with E-state index in [1.54, 1.807) is 0 Å². The Kier molecular flexibility index (Phi) is 7.12. The molecule has 0 amide bonds. The molecule has 5 nitrogen and oxygen atoms in total. The average molecular weight is 759 g/mol. The number of pyridine rings is 2. The standard InChI is InChI=1S/C54H38N4O/c1-31-13-11-14-32(2)51(31)41-29-40-38-26-24-36(59-35-23-25-37-39-17-5-8-20-47(39)57-48-21-9-6-18-45(48)55-53(57)43(37)27-35)28-44(38)54-56-46-19-7-10-22-49(46)58(54)50(40)30-42(41)52-33(3)15-12-16-34(52)4/h5-30H,1-4H3. The second-order valence-electron chi connectivity index (χ2n) is 16.0. The van der Waals surface area contributed by atoms with E-state index in [-0.39, 0.29) is 0 Å². The number of ether oxygens (including phenoxy) is 1. The largest absolute Gasteiger partial charge is 0.457 e. The van der Waals surface area contributed by atoms with Gasteiger partial charge in [0.05, 0.1) is 33.1 Å². The number of aromatic nitrogens is 4. The molecule has 0 saturated carbocycles. The first kappa shape index (κ1) is 33.6. The van der Waals surface area contributed by atoms with E-state index in [1.807, 2.05) is 6.07 Å². The van der Waals surface area contributed by atoms with Gasteiger partial charge in [-0.1, -0.05) is 78.9 Å². The molecule has 0 unspecified atom stereocenters. The van der Waals surface area contributed by atoms with Crippen LogP contribution >= 0.6 is 0 Å². The quantitative estimate of drug-likeness (QED) is 0.168. The van der Waals surface area contributed by atoms with Crippen molar-refractivity contribution in [3.8, 4) is 33.8 Å². The van der Waals surface area contributed by atoms with Crippen LogP contribution in [-0.2, 0) is 0 Å². The molecule has 12 aromatic rings. The highest BCUT2D eigenvalue weighted by atomic mass is 16.5. The van der Waals surface area contributed by atoms with Crippen LogP contribution in [0.5, 0.6) is 11.5 Å². The molecule has 0 N–H and O–H groups in total. The molecule has 0 radical (unpaired) electrons. The van der Waals surface area contributed by atoms with Gasteiger partial charge in [-0.05, 0) is 162 Å². The van der Waals surface area contributed by atoms with Gasteiger partial charge in [0.2, 0.25) is 0 Å². The van der Waals surface area contributed by atoms with E-state index in [1.165, 1.54) is 55.3 Å². The fourth-order valence-electron chi connectivity index (χ4n) is 9.83. The smallest absolute Gasteiger partial charge is 0.146 e. The maximum absolute atomic E-state index is 6.82. The van der Waals surface area contributed by atoms with Gasteiger partial charge in [0.1, 0.15) is 22.8 Å². The van der Waals surface area contributed by atoms with E-state index in [4.69, 9.17) is 14.7 Å². The zero-order valence-corrected chi connectivity index (χ0v) is 33.2. The first-order chi connectivity index (χ1) is 28.9. The van der Waals surface area contributed by atoms with Crippen molar-refractivity contribution >= 4 is 76.7 Å². The van der Waals surface area contributed by atoms with Crippen molar-refractivity contribution in [1.29, 1.82) is 0 Å². The molecule has 0 bridgehead atoms. The number of aryl methyl sites for hydroxylation is 4. The summed E-state index contributed by atoms with van der Waals surface area (Å²) >= 11 is 0. The molecule has 4 heterocycles. The molecule has 0 aliphatic heterocycles. The number of imidazole rings is 2. The van der Waals surface area contributed by atoms with Crippen molar-refractivity contribution in [3.05, 3.63) is 180 Å². The summed E-state index contributed by atoms with van der Waals surface area (Å²) in [5.41, 5.74) is 18.2. The van der Waals surface area contributed by atoms with E-state index < -0.39 is 0 Å². The topological polar surface area (TPSA) is 43.8 Å². The van der Waals surface area contributed by atoms with Crippen molar-refractivity contribution in [1.82, 2.24) is 18.8 Å². The Morgan fingerprint density at radius 3 is 1.37 bits per heavy atom. The first-order valence-corrected chi connectivity index (χ1v) is 20.2. The lowest BCUT2D eigenvalue weighted by molar-refractivity contribution is 0.484. The Hall–Kier alpha value is -7.50. The predicted molar refractivity (Wildman–Crippen MR) is 245 cm³/mol. The van der Waals surface area contributed by atoms with E-state index in [0.29, 0.717) is 0 Å². The number of hydrogen-bond acceptors (Lipinski definition) is 3. The molecular formula is C54H38N4O. The van der Waals surface area contributed by atoms with Crippen LogP contribution < -0.4 is 4.74 Å². The number of hydrogen-bond donors (Lipinski definition) is 0. The fraction of sp³-hybridized carbons (Fsp3) is 0.0741. The summed E-state index contributed by atoms with van der Waals surface area (Å²) in [5, 5.41) is 6.70. The second kappa shape index (κ2) is 12.5. The number of benzene rings is 8. The summed E-state index contributed by atoms with van der Waals surface area (Å²) < 4.78 is 11.4. The molecule has 59 heavy (non-hydrogen) atoms. The van der Waals surface area contributed by atoms with Gasteiger partial charge in [0.15, 0.2) is 0 Å². The summed E-state index contributed by atoms with van der Waals surface area (Å²) in [4.78, 5) is 10.4. The third kappa shape index (κ3) is 4.91. The normalized spacial score (nSPS) is 12.1. The van der Waals surface area contributed by atoms with Gasteiger partial charge in [-0.15, -0.1) is 0 Å². The molecular weight excluding hydrogens is 721 g/mol. The van der Waals surface area contributed by atoms with Crippen molar-refractivity contribution in [3.63, 3.8) is 0 Å². The van der Waals surface area contributed by atoms with E-state index >= 15 is 0 Å². The Morgan fingerprint density at radius 2 is 0.814 bits per heavy atom. The van der Waals surface area contributed by atoms with Gasteiger partial charge < -0.3 is 4.74 Å². The van der Waals surface area contributed by atoms with Crippen molar-refractivity contribution < 1.29 is 4.74 Å². The number of rotatable bonds is 4. The lowest BCUT2D eigenvalue weighted by Crippen LogP contribution is -1.98. The fourth-order valence-corrected chi connectivity index (χ4v) is 9.83. The second-order valence-corrected chi connectivity index (χ2v) is 16.0.